The number of fused-ring (bicyclic) bond motifs is 3. The van der Waals surface area contributed by atoms with Crippen LogP contribution < -0.4 is 0 Å². The molecule has 10 aromatic carbocycles. The van der Waals surface area contributed by atoms with Gasteiger partial charge in [-0.05, 0) is 155 Å². The fraction of sp³-hybridized carbons (Fsp3) is 0.162. The quantitative estimate of drug-likeness (QED) is 0.0417. The van der Waals surface area contributed by atoms with Crippen LogP contribution in [-0.2, 0) is 62.3 Å². The Morgan fingerprint density at radius 1 is 0.366 bits per heavy atom. The summed E-state index contributed by atoms with van der Waals surface area (Å²) in [6.07, 6.45) is 0. The number of ether oxygens (including phenoxy) is 2. The van der Waals surface area contributed by atoms with Gasteiger partial charge in [-0.15, -0.1) is 0 Å². The minimum Gasteiger partial charge on any atom is -0.743 e. The fourth-order valence-electron chi connectivity index (χ4n) is 9.24. The third kappa shape index (κ3) is 18.5. The Morgan fingerprint density at radius 3 is 0.882 bits per heavy atom. The molecular weight excluding hydrogens is 1290 g/mol. The van der Waals surface area contributed by atoms with Crippen LogP contribution in [0.1, 0.15) is 73.4 Å². The van der Waals surface area contributed by atoms with E-state index in [4.69, 9.17) is 0 Å². The first-order valence-electron chi connectivity index (χ1n) is 29.0. The van der Waals surface area contributed by atoms with Crippen molar-refractivity contribution in [2.24, 2.45) is 0 Å². The lowest BCUT2D eigenvalue weighted by Gasteiger charge is -2.20. The van der Waals surface area contributed by atoms with Crippen LogP contribution in [0, 0.1) is 0 Å². The summed E-state index contributed by atoms with van der Waals surface area (Å²) in [4.78, 5) is 32.5. The van der Waals surface area contributed by atoms with Gasteiger partial charge < -0.3 is 18.6 Å². The summed E-state index contributed by atoms with van der Waals surface area (Å²) in [5.41, 5.74) is 1.53. The molecule has 1 heterocycles. The number of rotatable bonds is 15. The highest BCUT2D eigenvalue weighted by atomic mass is 32.2. The largest absolute Gasteiger partial charge is 0.743 e. The van der Waals surface area contributed by atoms with Crippen LogP contribution in [0.4, 0.5) is 17.6 Å². The van der Waals surface area contributed by atoms with E-state index < -0.39 is 55.9 Å². The van der Waals surface area contributed by atoms with Crippen molar-refractivity contribution in [1.29, 1.82) is 0 Å². The Morgan fingerprint density at radius 2 is 0.613 bits per heavy atom. The van der Waals surface area contributed by atoms with E-state index in [2.05, 4.69) is 234 Å². The third-order valence-electron chi connectivity index (χ3n) is 14.1. The van der Waals surface area contributed by atoms with E-state index in [1.807, 2.05) is 41.5 Å². The highest BCUT2D eigenvalue weighted by molar-refractivity contribution is 7.97. The Hall–Kier alpha value is -8.40. The monoisotopic (exact) mass is 1350 g/mol. The topological polar surface area (TPSA) is 167 Å². The zero-order valence-corrected chi connectivity index (χ0v) is 55.6. The average molecular weight is 1350 g/mol. The third-order valence-corrected chi connectivity index (χ3v) is 22.6. The molecule has 0 unspecified atom stereocenters. The Kier molecular flexibility index (Phi) is 23.2. The number of benzene rings is 10. The van der Waals surface area contributed by atoms with Gasteiger partial charge in [-0.3, -0.25) is 0 Å². The van der Waals surface area contributed by atoms with Crippen LogP contribution in [0.25, 0.3) is 25.1 Å². The summed E-state index contributed by atoms with van der Waals surface area (Å²) in [6, 6.07) is 93.1. The van der Waals surface area contributed by atoms with Crippen LogP contribution in [0.2, 0.25) is 0 Å². The van der Waals surface area contributed by atoms with Gasteiger partial charge in [0, 0.05) is 21.2 Å². The molecule has 0 bridgehead atoms. The molecule has 11 rings (SSSR count). The number of halogens is 4. The SMILES string of the molecule is CC(C)(C)c1ccc(C(=O)OCC(F)(F)S(=O)(=O)[O-])cc1.CC(C)(C)c1ccc(C(=O)OCC(F)(F)S(=O)(=O)[O-])cc1.c1ccc(-[s+]2c3ccccc3c3ccccc32)cc1.c1ccc([S+](c2ccccc2)c2ccc([S+](c3ccccc3)c3ccccc3)cc2)cc1. The maximum absolute atomic E-state index is 12.8. The molecule has 19 heteroatoms. The number of esters is 2. The molecule has 0 aliphatic rings. The van der Waals surface area contributed by atoms with Gasteiger partial charge in [-0.2, -0.15) is 17.6 Å². The van der Waals surface area contributed by atoms with Gasteiger partial charge in [-0.1, -0.05) is 181 Å². The van der Waals surface area contributed by atoms with E-state index in [1.165, 1.54) is 78.7 Å². The molecule has 93 heavy (non-hydrogen) atoms. The molecule has 0 fully saturated rings. The summed E-state index contributed by atoms with van der Waals surface area (Å²) in [7, 11) is -11.9. The van der Waals surface area contributed by atoms with Crippen molar-refractivity contribution in [1.82, 2.24) is 0 Å². The van der Waals surface area contributed by atoms with Gasteiger partial charge in [0.25, 0.3) is 0 Å². The van der Waals surface area contributed by atoms with E-state index >= 15 is 0 Å². The van der Waals surface area contributed by atoms with Gasteiger partial charge in [0.15, 0.2) is 77.1 Å². The molecule has 0 saturated carbocycles. The number of hydrogen-bond donors (Lipinski definition) is 0. The summed E-state index contributed by atoms with van der Waals surface area (Å²) in [5.74, 6) is -2.25. The van der Waals surface area contributed by atoms with E-state index in [0.717, 1.165) is 11.1 Å². The Bertz CT molecular complexity index is 4130. The molecule has 1 aromatic heterocycles. The van der Waals surface area contributed by atoms with Gasteiger partial charge in [0.2, 0.25) is 0 Å². The number of carbonyl (C=O) groups excluding carboxylic acids is 2. The van der Waals surface area contributed by atoms with Crippen molar-refractivity contribution in [2.75, 3.05) is 13.2 Å². The number of thiophene rings is 1. The molecule has 0 spiro atoms. The van der Waals surface area contributed by atoms with Crippen LogP contribution >= 0.6 is 10.5 Å². The highest BCUT2D eigenvalue weighted by Crippen LogP contribution is 2.48. The van der Waals surface area contributed by atoms with Crippen molar-refractivity contribution in [3.05, 3.63) is 295 Å². The standard InChI is InChI=1S/C30H24S2.C18H13S.2C13H16F2O5S/c1-5-13-25(14-6-1)31(26-15-7-2-8-16-26)29-21-23-30(24-22-29)32(27-17-9-3-10-18-27)28-19-11-4-12-20-28;1-2-8-14(9-3-1)19-17-12-6-4-10-15(17)16-11-5-7-13-18(16)19;2*1-12(2,3)10-6-4-9(5-7-10)11(16)20-8-13(14,15)21(17,18)19/h1-24H;1-13H;2*4-7H,8H2,1-3H3,(H,17,18,19)/q+2;+1;;/p-2. The minimum absolute atomic E-state index is 0.0119. The van der Waals surface area contributed by atoms with E-state index in [-0.39, 0.29) is 54.2 Å². The predicted octanol–water partition coefficient (Wildman–Crippen LogP) is 18.2. The van der Waals surface area contributed by atoms with Crippen LogP contribution in [0.3, 0.4) is 0 Å². The van der Waals surface area contributed by atoms with Crippen molar-refractivity contribution < 1.29 is 62.6 Å². The molecule has 0 amide bonds. The van der Waals surface area contributed by atoms with E-state index in [0.29, 0.717) is 0 Å². The predicted molar refractivity (Wildman–Crippen MR) is 362 cm³/mol. The zero-order chi connectivity index (χ0) is 67.2. The van der Waals surface area contributed by atoms with Crippen molar-refractivity contribution in [2.45, 2.75) is 92.3 Å². The first-order valence-corrected chi connectivity index (χ1v) is 35.5. The lowest BCUT2D eigenvalue weighted by molar-refractivity contribution is -0.0101. The molecule has 0 aliphatic heterocycles. The molecule has 0 saturated heterocycles. The first-order chi connectivity index (χ1) is 44.0. The van der Waals surface area contributed by atoms with E-state index in [9.17, 15) is 53.1 Å². The van der Waals surface area contributed by atoms with Gasteiger partial charge in [-0.25, -0.2) is 26.4 Å². The molecular formula is C74H67F4O10S5+. The van der Waals surface area contributed by atoms with Gasteiger partial charge in [0.1, 0.15) is 0 Å². The summed E-state index contributed by atoms with van der Waals surface area (Å²) in [6.45, 7) is 8.14. The molecule has 0 radical (unpaired) electrons. The highest BCUT2D eigenvalue weighted by Gasteiger charge is 2.41. The smallest absolute Gasteiger partial charge is 0.367 e. The second-order valence-corrected chi connectivity index (χ2v) is 32.0. The van der Waals surface area contributed by atoms with Gasteiger partial charge >= 0.3 is 22.4 Å². The fourth-order valence-corrected chi connectivity index (χ4v) is 16.2. The molecule has 480 valence electrons. The zero-order valence-electron chi connectivity index (χ0n) is 51.5. The molecule has 10 nitrogen and oxygen atoms in total. The van der Waals surface area contributed by atoms with E-state index in [1.54, 1.807) is 24.3 Å². The Balaban J connectivity index is 0.000000163. The summed E-state index contributed by atoms with van der Waals surface area (Å²) < 4.78 is 124. The number of hydrogen-bond acceptors (Lipinski definition) is 10. The number of alkyl halides is 4. The second kappa shape index (κ2) is 30.6. The van der Waals surface area contributed by atoms with Gasteiger partial charge in [0.05, 0.1) is 32.9 Å². The van der Waals surface area contributed by atoms with Crippen molar-refractivity contribution >= 4 is 84.6 Å². The van der Waals surface area contributed by atoms with Crippen molar-refractivity contribution in [3.63, 3.8) is 0 Å². The minimum atomic E-state index is -5.87. The summed E-state index contributed by atoms with van der Waals surface area (Å²) >= 11 is 0. The Labute approximate surface area is 549 Å². The van der Waals surface area contributed by atoms with Crippen LogP contribution in [-0.4, -0.2) is 61.6 Å². The maximum atomic E-state index is 12.8. The normalized spacial score (nSPS) is 12.0. The lowest BCUT2D eigenvalue weighted by Crippen LogP contribution is -2.34. The molecule has 11 aromatic rings. The molecule has 0 N–H and O–H groups in total. The average Bonchev–Trinajstić information content (AvgIpc) is 1.62. The summed E-state index contributed by atoms with van der Waals surface area (Å²) in [5, 5.41) is -6.50. The first kappa shape index (κ1) is 70.5. The van der Waals surface area contributed by atoms with Crippen LogP contribution in [0.15, 0.2) is 302 Å². The number of carbonyl (C=O) groups is 2. The van der Waals surface area contributed by atoms with Crippen LogP contribution in [0.5, 0.6) is 0 Å². The molecule has 0 atom stereocenters. The molecule has 0 aliphatic carbocycles. The lowest BCUT2D eigenvalue weighted by atomic mass is 9.87. The maximum Gasteiger partial charge on any atom is 0.367 e. The van der Waals surface area contributed by atoms with Crippen molar-refractivity contribution in [3.8, 4) is 4.90 Å². The second-order valence-electron chi connectivity index (χ2n) is 22.9.